The number of rotatable bonds is 2. The van der Waals surface area contributed by atoms with Gasteiger partial charge in [0.25, 0.3) is 0 Å². The zero-order valence-electron chi connectivity index (χ0n) is 9.63. The van der Waals surface area contributed by atoms with Crippen LogP contribution in [0.15, 0.2) is 6.20 Å². The third kappa shape index (κ3) is 1.86. The second-order valence-corrected chi connectivity index (χ2v) is 5.93. The van der Waals surface area contributed by atoms with Gasteiger partial charge in [0.05, 0.1) is 0 Å². The molecule has 0 aliphatic carbocycles. The second-order valence-electron chi connectivity index (χ2n) is 4.78. The highest BCUT2D eigenvalue weighted by molar-refractivity contribution is 7.99. The number of carbonyl (C=O) groups is 1. The molecule has 2 unspecified atom stereocenters. The van der Waals surface area contributed by atoms with Crippen LogP contribution >= 0.6 is 11.8 Å². The fraction of sp³-hybridized carbons (Fsp3) is 0.667. The van der Waals surface area contributed by atoms with Gasteiger partial charge in [0, 0.05) is 23.6 Å². The molecule has 1 fully saturated rings. The standard InChI is InChI=1S/C12H16N2O2S/c15-12(16)10-3-1-2-9-6-13-11(14(9)10)8-4-5-17-7-8/h6,8,10H,1-5,7H2,(H,15,16). The fourth-order valence-electron chi connectivity index (χ4n) is 2.84. The summed E-state index contributed by atoms with van der Waals surface area (Å²) in [6.07, 6.45) is 5.69. The first-order chi connectivity index (χ1) is 8.27. The molecule has 17 heavy (non-hydrogen) atoms. The number of carboxylic acid groups (broad SMARTS) is 1. The van der Waals surface area contributed by atoms with E-state index in [-0.39, 0.29) is 6.04 Å². The van der Waals surface area contributed by atoms with Crippen LogP contribution in [-0.2, 0) is 11.2 Å². The topological polar surface area (TPSA) is 55.1 Å². The molecule has 3 rings (SSSR count). The lowest BCUT2D eigenvalue weighted by Crippen LogP contribution is -2.27. The molecule has 4 nitrogen and oxygen atoms in total. The zero-order valence-corrected chi connectivity index (χ0v) is 10.4. The molecule has 1 N–H and O–H groups in total. The smallest absolute Gasteiger partial charge is 0.326 e. The summed E-state index contributed by atoms with van der Waals surface area (Å²) in [5, 5.41) is 9.32. The number of fused-ring (bicyclic) bond motifs is 1. The van der Waals surface area contributed by atoms with Gasteiger partial charge in [0.2, 0.25) is 0 Å². The van der Waals surface area contributed by atoms with E-state index in [9.17, 15) is 9.90 Å². The van der Waals surface area contributed by atoms with E-state index in [0.29, 0.717) is 5.92 Å². The summed E-state index contributed by atoms with van der Waals surface area (Å²) in [6, 6.07) is -0.387. The second kappa shape index (κ2) is 4.37. The van der Waals surface area contributed by atoms with E-state index in [4.69, 9.17) is 0 Å². The minimum Gasteiger partial charge on any atom is -0.480 e. The van der Waals surface area contributed by atoms with Crippen molar-refractivity contribution >= 4 is 17.7 Å². The maximum absolute atomic E-state index is 11.3. The van der Waals surface area contributed by atoms with Gasteiger partial charge in [-0.1, -0.05) is 0 Å². The minimum absolute atomic E-state index is 0.387. The van der Waals surface area contributed by atoms with Gasteiger partial charge in [-0.25, -0.2) is 9.78 Å². The number of thioether (sulfide) groups is 1. The molecule has 0 spiro atoms. The SMILES string of the molecule is O=C(O)C1CCCc2cnc(C3CCSC3)n21. The van der Waals surface area contributed by atoms with E-state index < -0.39 is 5.97 Å². The molecule has 0 bridgehead atoms. The Labute approximate surface area is 104 Å². The van der Waals surface area contributed by atoms with E-state index >= 15 is 0 Å². The van der Waals surface area contributed by atoms with Crippen molar-refractivity contribution in [2.75, 3.05) is 11.5 Å². The number of aryl methyl sites for hydroxylation is 1. The molecule has 5 heteroatoms. The number of hydrogen-bond acceptors (Lipinski definition) is 3. The van der Waals surface area contributed by atoms with Gasteiger partial charge in [0.1, 0.15) is 11.9 Å². The van der Waals surface area contributed by atoms with E-state index in [1.54, 1.807) is 0 Å². The largest absolute Gasteiger partial charge is 0.480 e. The molecule has 2 atom stereocenters. The Bertz CT molecular complexity index is 438. The molecule has 3 heterocycles. The van der Waals surface area contributed by atoms with Crippen LogP contribution in [-0.4, -0.2) is 32.1 Å². The fourth-order valence-corrected chi connectivity index (χ4v) is 4.05. The summed E-state index contributed by atoms with van der Waals surface area (Å²) < 4.78 is 2.00. The summed E-state index contributed by atoms with van der Waals surface area (Å²) in [4.78, 5) is 15.8. The average Bonchev–Trinajstić information content (AvgIpc) is 2.96. The third-order valence-electron chi connectivity index (χ3n) is 3.70. The highest BCUT2D eigenvalue weighted by atomic mass is 32.2. The lowest BCUT2D eigenvalue weighted by atomic mass is 10.0. The Morgan fingerprint density at radius 2 is 2.41 bits per heavy atom. The predicted molar refractivity (Wildman–Crippen MR) is 66.5 cm³/mol. The number of nitrogens with zero attached hydrogens (tertiary/aromatic N) is 2. The normalized spacial score (nSPS) is 28.0. The van der Waals surface area contributed by atoms with Gasteiger partial charge in [-0.3, -0.25) is 0 Å². The van der Waals surface area contributed by atoms with Crippen molar-refractivity contribution in [3.8, 4) is 0 Å². The third-order valence-corrected chi connectivity index (χ3v) is 4.87. The van der Waals surface area contributed by atoms with Crippen molar-refractivity contribution in [2.45, 2.75) is 37.6 Å². The van der Waals surface area contributed by atoms with Crippen LogP contribution in [0.25, 0.3) is 0 Å². The van der Waals surface area contributed by atoms with Crippen LogP contribution in [0.1, 0.15) is 42.7 Å². The van der Waals surface area contributed by atoms with E-state index in [1.165, 1.54) is 5.75 Å². The van der Waals surface area contributed by atoms with E-state index in [2.05, 4.69) is 4.98 Å². The number of aliphatic carboxylic acids is 1. The molecule has 1 aromatic heterocycles. The molecular weight excluding hydrogens is 236 g/mol. The van der Waals surface area contributed by atoms with Crippen LogP contribution in [0.4, 0.5) is 0 Å². The summed E-state index contributed by atoms with van der Waals surface area (Å²) in [7, 11) is 0. The molecule has 92 valence electrons. The Kier molecular flexibility index (Phi) is 2.86. The molecular formula is C12H16N2O2S. The van der Waals surface area contributed by atoms with Crippen molar-refractivity contribution in [3.05, 3.63) is 17.7 Å². The molecule has 1 aromatic rings. The van der Waals surface area contributed by atoms with E-state index in [1.807, 2.05) is 22.5 Å². The van der Waals surface area contributed by atoms with Gasteiger partial charge in [-0.05, 0) is 31.4 Å². The molecule has 2 aliphatic rings. The van der Waals surface area contributed by atoms with Crippen molar-refractivity contribution < 1.29 is 9.90 Å². The first-order valence-corrected chi connectivity index (χ1v) is 7.29. The van der Waals surface area contributed by atoms with Gasteiger partial charge in [-0.2, -0.15) is 11.8 Å². The number of hydrogen-bond donors (Lipinski definition) is 1. The highest BCUT2D eigenvalue weighted by Crippen LogP contribution is 2.36. The molecule has 0 saturated carbocycles. The van der Waals surface area contributed by atoms with Crippen LogP contribution in [0, 0.1) is 0 Å². The minimum atomic E-state index is -0.712. The lowest BCUT2D eigenvalue weighted by Gasteiger charge is -2.25. The molecule has 2 aliphatic heterocycles. The number of imidazole rings is 1. The van der Waals surface area contributed by atoms with Crippen LogP contribution in [0.2, 0.25) is 0 Å². The quantitative estimate of drug-likeness (QED) is 0.875. The maximum atomic E-state index is 11.3. The predicted octanol–water partition coefficient (Wildman–Crippen LogP) is 2.07. The van der Waals surface area contributed by atoms with Gasteiger partial charge < -0.3 is 9.67 Å². The van der Waals surface area contributed by atoms with E-state index in [0.717, 1.165) is 43.0 Å². The zero-order chi connectivity index (χ0) is 11.8. The molecule has 0 radical (unpaired) electrons. The van der Waals surface area contributed by atoms with Gasteiger partial charge >= 0.3 is 5.97 Å². The summed E-state index contributed by atoms with van der Waals surface area (Å²) >= 11 is 1.94. The molecule has 0 aromatic carbocycles. The average molecular weight is 252 g/mol. The lowest BCUT2D eigenvalue weighted by molar-refractivity contribution is -0.141. The monoisotopic (exact) mass is 252 g/mol. The number of aromatic nitrogens is 2. The van der Waals surface area contributed by atoms with Crippen LogP contribution < -0.4 is 0 Å². The first kappa shape index (κ1) is 11.1. The Balaban J connectivity index is 2.00. The van der Waals surface area contributed by atoms with Gasteiger partial charge in [0.15, 0.2) is 0 Å². The number of carboxylic acids is 1. The van der Waals surface area contributed by atoms with Crippen LogP contribution in [0.5, 0.6) is 0 Å². The Morgan fingerprint density at radius 1 is 1.53 bits per heavy atom. The summed E-state index contributed by atoms with van der Waals surface area (Å²) in [5.74, 6) is 3.01. The van der Waals surface area contributed by atoms with Crippen molar-refractivity contribution in [3.63, 3.8) is 0 Å². The molecule has 1 saturated heterocycles. The van der Waals surface area contributed by atoms with Crippen molar-refractivity contribution in [1.29, 1.82) is 0 Å². The Hall–Kier alpha value is -0.970. The van der Waals surface area contributed by atoms with Crippen LogP contribution in [0.3, 0.4) is 0 Å². The first-order valence-electron chi connectivity index (χ1n) is 6.14. The maximum Gasteiger partial charge on any atom is 0.326 e. The highest BCUT2D eigenvalue weighted by Gasteiger charge is 2.32. The van der Waals surface area contributed by atoms with Gasteiger partial charge in [-0.15, -0.1) is 0 Å². The van der Waals surface area contributed by atoms with Crippen molar-refractivity contribution in [1.82, 2.24) is 9.55 Å². The Morgan fingerprint density at radius 3 is 3.12 bits per heavy atom. The molecule has 0 amide bonds. The van der Waals surface area contributed by atoms with Crippen molar-refractivity contribution in [2.24, 2.45) is 0 Å². The summed E-state index contributed by atoms with van der Waals surface area (Å²) in [6.45, 7) is 0. The summed E-state index contributed by atoms with van der Waals surface area (Å²) in [5.41, 5.74) is 1.11.